The zero-order valence-electron chi connectivity index (χ0n) is 10.4. The van der Waals surface area contributed by atoms with Crippen LogP contribution in [-0.4, -0.2) is 0 Å². The Morgan fingerprint density at radius 3 is 2.33 bits per heavy atom. The van der Waals surface area contributed by atoms with Gasteiger partial charge in [-0.2, -0.15) is 13.2 Å². The minimum absolute atomic E-state index is 0.00525. The average Bonchev–Trinajstić information content (AvgIpc) is 2.38. The van der Waals surface area contributed by atoms with Gasteiger partial charge in [0.15, 0.2) is 0 Å². The van der Waals surface area contributed by atoms with Gasteiger partial charge in [-0.15, -0.1) is 0 Å². The number of benzene rings is 2. The minimum Gasteiger partial charge on any atom is -0.380 e. The summed E-state index contributed by atoms with van der Waals surface area (Å²) in [6.07, 6.45) is -4.76. The van der Waals surface area contributed by atoms with E-state index >= 15 is 0 Å². The Hall–Kier alpha value is -1.82. The van der Waals surface area contributed by atoms with Gasteiger partial charge in [-0.3, -0.25) is 0 Å². The van der Waals surface area contributed by atoms with Crippen LogP contribution in [0.4, 0.5) is 27.6 Å². The van der Waals surface area contributed by atoms with E-state index in [2.05, 4.69) is 5.32 Å². The molecule has 0 bridgehead atoms. The predicted molar refractivity (Wildman–Crippen MR) is 70.1 cm³/mol. The second-order valence-corrected chi connectivity index (χ2v) is 4.70. The monoisotopic (exact) mass is 321 g/mol. The minimum atomic E-state index is -4.76. The van der Waals surface area contributed by atoms with Crippen LogP contribution in [0.3, 0.4) is 0 Å². The highest BCUT2D eigenvalue weighted by molar-refractivity contribution is 6.33. The molecule has 0 saturated carbocycles. The first-order chi connectivity index (χ1) is 9.77. The van der Waals surface area contributed by atoms with Crippen LogP contribution in [0.2, 0.25) is 5.02 Å². The van der Waals surface area contributed by atoms with Gasteiger partial charge in [-0.25, -0.2) is 8.78 Å². The summed E-state index contributed by atoms with van der Waals surface area (Å²) in [5.74, 6) is -1.85. The van der Waals surface area contributed by atoms with Gasteiger partial charge in [0, 0.05) is 6.54 Å². The van der Waals surface area contributed by atoms with E-state index in [-0.39, 0.29) is 17.1 Å². The molecule has 2 aromatic rings. The van der Waals surface area contributed by atoms with Gasteiger partial charge in [-0.05, 0) is 35.9 Å². The summed E-state index contributed by atoms with van der Waals surface area (Å²) in [6, 6.07) is 6.32. The summed E-state index contributed by atoms with van der Waals surface area (Å²) in [4.78, 5) is 0. The van der Waals surface area contributed by atoms with Crippen LogP contribution in [0, 0.1) is 11.6 Å². The van der Waals surface area contributed by atoms with E-state index < -0.39 is 23.4 Å². The van der Waals surface area contributed by atoms with Crippen molar-refractivity contribution in [3.05, 3.63) is 64.2 Å². The summed E-state index contributed by atoms with van der Waals surface area (Å²) < 4.78 is 63.7. The summed E-state index contributed by atoms with van der Waals surface area (Å²) in [5.41, 5.74) is -0.730. The van der Waals surface area contributed by atoms with Gasteiger partial charge in [-0.1, -0.05) is 17.7 Å². The van der Waals surface area contributed by atoms with E-state index in [0.717, 1.165) is 18.2 Å². The predicted octanol–water partition coefficient (Wildman–Crippen LogP) is 5.25. The molecule has 1 N–H and O–H groups in total. The van der Waals surface area contributed by atoms with Gasteiger partial charge < -0.3 is 5.32 Å². The second-order valence-electron chi connectivity index (χ2n) is 4.29. The molecule has 112 valence electrons. The fourth-order valence-electron chi connectivity index (χ4n) is 1.73. The SMILES string of the molecule is Fc1ccc(NCc2ccc(F)c(C(F)(F)F)c2)c(Cl)c1. The number of hydrogen-bond acceptors (Lipinski definition) is 1. The summed E-state index contributed by atoms with van der Waals surface area (Å²) in [7, 11) is 0. The van der Waals surface area contributed by atoms with Crippen molar-refractivity contribution in [1.29, 1.82) is 0 Å². The van der Waals surface area contributed by atoms with Crippen LogP contribution in [0.1, 0.15) is 11.1 Å². The Kier molecular flexibility index (Phi) is 4.37. The van der Waals surface area contributed by atoms with E-state index in [1.807, 2.05) is 0 Å². The number of nitrogens with one attached hydrogen (secondary N) is 1. The molecule has 0 atom stereocenters. The topological polar surface area (TPSA) is 12.0 Å². The van der Waals surface area contributed by atoms with Crippen LogP contribution in [0.25, 0.3) is 0 Å². The highest BCUT2D eigenvalue weighted by Gasteiger charge is 2.34. The largest absolute Gasteiger partial charge is 0.419 e. The zero-order chi connectivity index (χ0) is 15.6. The molecule has 0 aromatic heterocycles. The van der Waals surface area contributed by atoms with Crippen molar-refractivity contribution in [3.63, 3.8) is 0 Å². The first-order valence-corrected chi connectivity index (χ1v) is 6.20. The Balaban J connectivity index is 2.17. The van der Waals surface area contributed by atoms with Crippen molar-refractivity contribution in [3.8, 4) is 0 Å². The molecule has 0 aliphatic carbocycles. The Bertz CT molecular complexity index is 654. The van der Waals surface area contributed by atoms with Crippen molar-refractivity contribution in [2.75, 3.05) is 5.32 Å². The lowest BCUT2D eigenvalue weighted by Gasteiger charge is -2.12. The third-order valence-electron chi connectivity index (χ3n) is 2.75. The normalized spacial score (nSPS) is 11.5. The molecule has 0 fully saturated rings. The maximum absolute atomic E-state index is 13.1. The average molecular weight is 322 g/mol. The Labute approximate surface area is 122 Å². The third-order valence-corrected chi connectivity index (χ3v) is 3.06. The smallest absolute Gasteiger partial charge is 0.380 e. The van der Waals surface area contributed by atoms with Crippen LogP contribution in [0.15, 0.2) is 36.4 Å². The lowest BCUT2D eigenvalue weighted by Crippen LogP contribution is -2.10. The van der Waals surface area contributed by atoms with Crippen LogP contribution in [-0.2, 0) is 12.7 Å². The van der Waals surface area contributed by atoms with E-state index in [1.54, 1.807) is 0 Å². The molecule has 2 aromatic carbocycles. The highest BCUT2D eigenvalue weighted by Crippen LogP contribution is 2.32. The van der Waals surface area contributed by atoms with Gasteiger partial charge in [0.2, 0.25) is 0 Å². The highest BCUT2D eigenvalue weighted by atomic mass is 35.5. The van der Waals surface area contributed by atoms with E-state index in [1.165, 1.54) is 18.2 Å². The van der Waals surface area contributed by atoms with E-state index in [4.69, 9.17) is 11.6 Å². The molecule has 0 spiro atoms. The molecule has 0 heterocycles. The van der Waals surface area contributed by atoms with Gasteiger partial charge >= 0.3 is 6.18 Å². The molecular formula is C14H9ClF5N. The lowest BCUT2D eigenvalue weighted by molar-refractivity contribution is -0.140. The molecular weight excluding hydrogens is 313 g/mol. The summed E-state index contributed by atoms with van der Waals surface area (Å²) >= 11 is 5.78. The first-order valence-electron chi connectivity index (χ1n) is 5.82. The lowest BCUT2D eigenvalue weighted by atomic mass is 10.1. The first kappa shape index (κ1) is 15.6. The fraction of sp³-hybridized carbons (Fsp3) is 0.143. The Morgan fingerprint density at radius 2 is 1.71 bits per heavy atom. The van der Waals surface area contributed by atoms with Crippen LogP contribution in [0.5, 0.6) is 0 Å². The number of hydrogen-bond donors (Lipinski definition) is 1. The molecule has 1 nitrogen and oxygen atoms in total. The summed E-state index contributed by atoms with van der Waals surface area (Å²) in [6.45, 7) is -0.00525. The van der Waals surface area contributed by atoms with E-state index in [9.17, 15) is 22.0 Å². The van der Waals surface area contributed by atoms with Gasteiger partial charge in [0.1, 0.15) is 11.6 Å². The van der Waals surface area contributed by atoms with Crippen molar-refractivity contribution in [1.82, 2.24) is 0 Å². The van der Waals surface area contributed by atoms with E-state index in [0.29, 0.717) is 5.69 Å². The van der Waals surface area contributed by atoms with Crippen LogP contribution >= 0.6 is 11.6 Å². The second kappa shape index (κ2) is 5.89. The molecule has 0 unspecified atom stereocenters. The maximum atomic E-state index is 13.1. The van der Waals surface area contributed by atoms with Crippen LogP contribution < -0.4 is 5.32 Å². The zero-order valence-corrected chi connectivity index (χ0v) is 11.2. The fourth-order valence-corrected chi connectivity index (χ4v) is 1.96. The Morgan fingerprint density at radius 1 is 1.00 bits per heavy atom. The van der Waals surface area contributed by atoms with Gasteiger partial charge in [0.05, 0.1) is 16.3 Å². The molecule has 2 rings (SSSR count). The molecule has 0 aliphatic heterocycles. The molecule has 0 aliphatic rings. The molecule has 0 saturated heterocycles. The molecule has 0 amide bonds. The molecule has 21 heavy (non-hydrogen) atoms. The van der Waals surface area contributed by atoms with Crippen molar-refractivity contribution in [2.45, 2.75) is 12.7 Å². The number of rotatable bonds is 3. The number of alkyl halides is 3. The maximum Gasteiger partial charge on any atom is 0.419 e. The molecule has 7 heteroatoms. The quantitative estimate of drug-likeness (QED) is 0.761. The van der Waals surface area contributed by atoms with Crippen molar-refractivity contribution >= 4 is 17.3 Å². The van der Waals surface area contributed by atoms with Crippen molar-refractivity contribution < 1.29 is 22.0 Å². The standard InChI is InChI=1S/C14H9ClF5N/c15-11-6-9(16)2-4-13(11)21-7-8-1-3-12(17)10(5-8)14(18,19)20/h1-6,21H,7H2. The van der Waals surface area contributed by atoms with Gasteiger partial charge in [0.25, 0.3) is 0 Å². The number of anilines is 1. The summed E-state index contributed by atoms with van der Waals surface area (Å²) in [5, 5.41) is 2.87. The van der Waals surface area contributed by atoms with Crippen molar-refractivity contribution in [2.24, 2.45) is 0 Å². The third kappa shape index (κ3) is 3.85. The number of halogens is 6. The molecule has 0 radical (unpaired) electrons.